The van der Waals surface area contributed by atoms with E-state index in [1.807, 2.05) is 13.2 Å². The maximum Gasteiger partial charge on any atom is 0.00704 e. The highest BCUT2D eigenvalue weighted by Crippen LogP contribution is 1.81. The fourth-order valence-corrected chi connectivity index (χ4v) is 0.362. The largest absolute Gasteiger partial charge is 0.0894 e. The topological polar surface area (TPSA) is 0 Å². The van der Waals surface area contributed by atoms with Gasteiger partial charge in [-0.25, -0.2) is 0 Å². The van der Waals surface area contributed by atoms with E-state index in [1.54, 1.807) is 0 Å². The molecule has 0 unspecified atom stereocenters. The first-order chi connectivity index (χ1) is 3.91. The zero-order chi connectivity index (χ0) is 6.24. The van der Waals surface area contributed by atoms with Crippen molar-refractivity contribution < 1.29 is 0 Å². The quantitative estimate of drug-likeness (QED) is 0.443. The molecule has 8 heavy (non-hydrogen) atoms. The average Bonchev–Trinajstić information content (AvgIpc) is 1.81. The lowest BCUT2D eigenvalue weighted by Gasteiger charge is -1.63. The van der Waals surface area contributed by atoms with Crippen molar-refractivity contribution in [3.05, 3.63) is 0 Å². The molecule has 0 aliphatic heterocycles. The number of hydrogen-bond acceptors (Lipinski definition) is 1. The summed E-state index contributed by atoms with van der Waals surface area (Å²) in [6.07, 6.45) is 2.82. The van der Waals surface area contributed by atoms with Crippen LogP contribution in [0.2, 0.25) is 0 Å². The molecule has 0 saturated carbocycles. The van der Waals surface area contributed by atoms with Gasteiger partial charge in [0.2, 0.25) is 0 Å². The first kappa shape index (κ1) is 7.47. The smallest absolute Gasteiger partial charge is 0.00704 e. The molecule has 0 fully saturated rings. The second-order valence-corrected chi connectivity index (χ2v) is 1.70. The molecule has 0 aliphatic rings. The highest BCUT2D eigenvalue weighted by Gasteiger charge is 1.57. The summed E-state index contributed by atoms with van der Waals surface area (Å²) in [6.45, 7) is 2.01. The van der Waals surface area contributed by atoms with Crippen LogP contribution in [0.15, 0.2) is 0 Å². The Bertz CT molecular complexity index is 129. The van der Waals surface area contributed by atoms with Crippen LogP contribution in [0.25, 0.3) is 0 Å². The summed E-state index contributed by atoms with van der Waals surface area (Å²) in [5.41, 5.74) is 0. The summed E-state index contributed by atoms with van der Waals surface area (Å²) in [7, 11) is 0. The predicted octanol–water partition coefficient (Wildman–Crippen LogP) is 1.72. The summed E-state index contributed by atoms with van der Waals surface area (Å²) >= 11 is 1.49. The summed E-state index contributed by atoms with van der Waals surface area (Å²) in [5.74, 6) is 8.24. The third-order valence-electron chi connectivity index (χ3n) is 0.481. The molecule has 0 amide bonds. The van der Waals surface area contributed by atoms with Crippen molar-refractivity contribution in [2.45, 2.75) is 13.3 Å². The molecule has 0 heterocycles. The molecule has 0 rings (SSSR count). The monoisotopic (exact) mass is 124 g/mol. The van der Waals surface area contributed by atoms with Crippen LogP contribution in [0.5, 0.6) is 0 Å². The summed E-state index contributed by atoms with van der Waals surface area (Å²) in [5, 5.41) is 2.78. The van der Waals surface area contributed by atoms with Gasteiger partial charge in [-0.15, -0.1) is 0 Å². The molecule has 1 heteroatoms. The van der Waals surface area contributed by atoms with Crippen molar-refractivity contribution in [2.75, 3.05) is 6.26 Å². The van der Waals surface area contributed by atoms with Gasteiger partial charge in [-0.05, 0) is 23.3 Å². The first-order valence-corrected chi connectivity index (χ1v) is 3.65. The molecule has 0 bridgehead atoms. The van der Waals surface area contributed by atoms with E-state index in [0.717, 1.165) is 6.42 Å². The van der Waals surface area contributed by atoms with Crippen molar-refractivity contribution in [2.24, 2.45) is 0 Å². The van der Waals surface area contributed by atoms with Crippen molar-refractivity contribution in [1.29, 1.82) is 0 Å². The molecule has 0 radical (unpaired) electrons. The van der Waals surface area contributed by atoms with Crippen molar-refractivity contribution in [1.82, 2.24) is 0 Å². The molecular weight excluding hydrogens is 116 g/mol. The van der Waals surface area contributed by atoms with Gasteiger partial charge in [-0.2, -0.15) is 0 Å². The van der Waals surface area contributed by atoms with E-state index in [9.17, 15) is 0 Å². The molecule has 0 aliphatic carbocycles. The van der Waals surface area contributed by atoms with E-state index in [4.69, 9.17) is 0 Å². The molecular formula is C7H8S. The van der Waals surface area contributed by atoms with Gasteiger partial charge in [0, 0.05) is 6.42 Å². The highest BCUT2D eigenvalue weighted by atomic mass is 32.2. The average molecular weight is 124 g/mol. The highest BCUT2D eigenvalue weighted by molar-refractivity contribution is 8.03. The molecule has 42 valence electrons. The molecule has 0 aromatic carbocycles. The van der Waals surface area contributed by atoms with Crippen LogP contribution in [0.4, 0.5) is 0 Å². The third kappa shape index (κ3) is 5.47. The molecule has 0 atom stereocenters. The zero-order valence-corrected chi connectivity index (χ0v) is 5.93. The summed E-state index contributed by atoms with van der Waals surface area (Å²) in [4.78, 5) is 0. The Labute approximate surface area is 55.1 Å². The van der Waals surface area contributed by atoms with E-state index < -0.39 is 0 Å². The van der Waals surface area contributed by atoms with Crippen LogP contribution in [0.3, 0.4) is 0 Å². The Balaban J connectivity index is 3.40. The second kappa shape index (κ2) is 6.47. The van der Waals surface area contributed by atoms with Crippen molar-refractivity contribution >= 4 is 11.8 Å². The van der Waals surface area contributed by atoms with Crippen LogP contribution in [-0.2, 0) is 0 Å². The van der Waals surface area contributed by atoms with Crippen LogP contribution < -0.4 is 0 Å². The zero-order valence-electron chi connectivity index (χ0n) is 5.12. The molecule has 0 N–H and O–H groups in total. The van der Waals surface area contributed by atoms with Crippen LogP contribution in [-0.4, -0.2) is 6.26 Å². The number of hydrogen-bond donors (Lipinski definition) is 0. The van der Waals surface area contributed by atoms with E-state index in [-0.39, 0.29) is 0 Å². The Hall–Kier alpha value is -0.530. The lowest BCUT2D eigenvalue weighted by Crippen LogP contribution is -1.51. The van der Waals surface area contributed by atoms with E-state index >= 15 is 0 Å². The Kier molecular flexibility index (Phi) is 6.04. The fraction of sp³-hybridized carbons (Fsp3) is 0.429. The number of thioether (sulfide) groups is 1. The van der Waals surface area contributed by atoms with Gasteiger partial charge in [0.1, 0.15) is 0 Å². The summed E-state index contributed by atoms with van der Waals surface area (Å²) < 4.78 is 0. The molecule has 0 nitrogen and oxygen atoms in total. The van der Waals surface area contributed by atoms with E-state index in [2.05, 4.69) is 23.0 Å². The Morgan fingerprint density at radius 3 is 2.62 bits per heavy atom. The normalized spacial score (nSPS) is 5.75. The second-order valence-electron chi connectivity index (χ2n) is 1.09. The van der Waals surface area contributed by atoms with Gasteiger partial charge < -0.3 is 0 Å². The molecule has 0 aromatic rings. The maximum absolute atomic E-state index is 2.85. The van der Waals surface area contributed by atoms with E-state index in [0.29, 0.717) is 0 Å². The van der Waals surface area contributed by atoms with Gasteiger partial charge in [0.05, 0.1) is 0 Å². The van der Waals surface area contributed by atoms with Gasteiger partial charge >= 0.3 is 0 Å². The standard InChI is InChI=1S/C7H8S/c1-3-4-5-6-7-8-2/h3H2,1-2H3. The van der Waals surface area contributed by atoms with Gasteiger partial charge in [0.25, 0.3) is 0 Å². The van der Waals surface area contributed by atoms with Crippen LogP contribution in [0.1, 0.15) is 13.3 Å². The minimum absolute atomic E-state index is 0.892. The summed E-state index contributed by atoms with van der Waals surface area (Å²) in [6, 6.07) is 0. The van der Waals surface area contributed by atoms with Gasteiger partial charge in [-0.1, -0.05) is 24.6 Å². The fourth-order valence-electron chi connectivity index (χ4n) is 0.209. The Morgan fingerprint density at radius 2 is 2.12 bits per heavy atom. The van der Waals surface area contributed by atoms with Gasteiger partial charge in [-0.3, -0.25) is 0 Å². The number of rotatable bonds is 0. The lowest BCUT2D eigenvalue weighted by atomic mass is 10.5. The van der Waals surface area contributed by atoms with Crippen LogP contribution >= 0.6 is 11.8 Å². The van der Waals surface area contributed by atoms with Crippen molar-refractivity contribution in [3.63, 3.8) is 0 Å². The van der Waals surface area contributed by atoms with Gasteiger partial charge in [0.15, 0.2) is 0 Å². The minimum atomic E-state index is 0.892. The minimum Gasteiger partial charge on any atom is -0.0894 e. The molecule has 0 saturated heterocycles. The maximum atomic E-state index is 2.85. The Morgan fingerprint density at radius 1 is 1.38 bits per heavy atom. The van der Waals surface area contributed by atoms with E-state index in [1.165, 1.54) is 11.8 Å². The third-order valence-corrected chi connectivity index (χ3v) is 0.787. The first-order valence-electron chi connectivity index (χ1n) is 2.42. The molecule has 0 spiro atoms. The lowest BCUT2D eigenvalue weighted by molar-refractivity contribution is 1.28. The SMILES string of the molecule is CCC#CC#CSC. The van der Waals surface area contributed by atoms with Crippen LogP contribution in [0, 0.1) is 23.0 Å². The predicted molar refractivity (Wildman–Crippen MR) is 39.4 cm³/mol. The molecule has 0 aromatic heterocycles. The van der Waals surface area contributed by atoms with Crippen molar-refractivity contribution in [3.8, 4) is 23.0 Å².